The molecule has 0 fully saturated rings. The summed E-state index contributed by atoms with van der Waals surface area (Å²) in [5.41, 5.74) is 1.40. The minimum atomic E-state index is -4.62. The molecule has 188 valence electrons. The summed E-state index contributed by atoms with van der Waals surface area (Å²) in [6.07, 6.45) is -0.201. The zero-order valence-electron chi connectivity index (χ0n) is 19.8. The third-order valence-corrected chi connectivity index (χ3v) is 6.38. The van der Waals surface area contributed by atoms with Crippen molar-refractivity contribution in [2.24, 2.45) is 0 Å². The van der Waals surface area contributed by atoms with Crippen LogP contribution in [0.3, 0.4) is 0 Å². The van der Waals surface area contributed by atoms with Crippen LogP contribution in [-0.2, 0) is 17.5 Å². The van der Waals surface area contributed by atoms with Gasteiger partial charge in [0.25, 0.3) is 5.91 Å². The minimum Gasteiger partial charge on any atom is -0.488 e. The van der Waals surface area contributed by atoms with Gasteiger partial charge in [0.2, 0.25) is 5.82 Å². The molecule has 0 aliphatic rings. The molecular formula is C24H27F3N4O3S. The summed E-state index contributed by atoms with van der Waals surface area (Å²) in [5, 5.41) is 3.45. The van der Waals surface area contributed by atoms with Gasteiger partial charge in [-0.3, -0.25) is 4.79 Å². The second kappa shape index (κ2) is 11.6. The number of methoxy groups -OCH3 is 1. The molecule has 3 aromatic rings. The van der Waals surface area contributed by atoms with Crippen LogP contribution in [0.2, 0.25) is 0 Å². The van der Waals surface area contributed by atoms with Gasteiger partial charge in [-0.25, -0.2) is 15.0 Å². The average Bonchev–Trinajstić information content (AvgIpc) is 3.32. The molecule has 2 heterocycles. The quantitative estimate of drug-likeness (QED) is 0.391. The largest absolute Gasteiger partial charge is 0.488 e. The van der Waals surface area contributed by atoms with Crippen LogP contribution in [0.4, 0.5) is 13.2 Å². The van der Waals surface area contributed by atoms with Crippen LogP contribution in [0.1, 0.15) is 59.7 Å². The molecule has 11 heteroatoms. The van der Waals surface area contributed by atoms with Crippen molar-refractivity contribution >= 4 is 17.2 Å². The van der Waals surface area contributed by atoms with Crippen molar-refractivity contribution in [3.63, 3.8) is 0 Å². The number of nitrogens with one attached hydrogen (secondary N) is 1. The smallest absolute Gasteiger partial charge is 0.451 e. The lowest BCUT2D eigenvalue weighted by atomic mass is 10.1. The van der Waals surface area contributed by atoms with E-state index in [0.717, 1.165) is 27.8 Å². The predicted molar refractivity (Wildman–Crippen MR) is 126 cm³/mol. The Morgan fingerprint density at radius 1 is 1.11 bits per heavy atom. The van der Waals surface area contributed by atoms with Crippen LogP contribution in [0.5, 0.6) is 5.75 Å². The first-order valence-electron chi connectivity index (χ1n) is 11.0. The first-order chi connectivity index (χ1) is 16.6. The van der Waals surface area contributed by atoms with E-state index in [1.807, 2.05) is 19.2 Å². The molecule has 0 bridgehead atoms. The van der Waals surface area contributed by atoms with E-state index in [2.05, 4.69) is 34.1 Å². The zero-order valence-corrected chi connectivity index (χ0v) is 20.7. The van der Waals surface area contributed by atoms with Crippen LogP contribution >= 0.6 is 11.3 Å². The van der Waals surface area contributed by atoms with Gasteiger partial charge in [-0.05, 0) is 30.5 Å². The van der Waals surface area contributed by atoms with Crippen molar-refractivity contribution in [3.05, 3.63) is 58.6 Å². The second-order valence-electron chi connectivity index (χ2n) is 8.17. The summed E-state index contributed by atoms with van der Waals surface area (Å²) in [7, 11) is 1.59. The number of hydrogen-bond acceptors (Lipinski definition) is 7. The SMILES string of the molecule is CC[C@H](COC)Oc1cc(C(=O)NCc2cnc(C(F)(F)F)nc2)cc(-c2ncc(C(C)C)s2)c1. The van der Waals surface area contributed by atoms with Crippen molar-refractivity contribution in [3.8, 4) is 16.3 Å². The molecule has 1 N–H and O–H groups in total. The highest BCUT2D eigenvalue weighted by Crippen LogP contribution is 2.33. The Morgan fingerprint density at radius 3 is 2.40 bits per heavy atom. The lowest BCUT2D eigenvalue weighted by Crippen LogP contribution is -2.24. The maximum atomic E-state index is 12.9. The monoisotopic (exact) mass is 508 g/mol. The number of ether oxygens (including phenoxy) is 2. The normalized spacial score (nSPS) is 12.6. The molecule has 0 aliphatic carbocycles. The van der Waals surface area contributed by atoms with Crippen molar-refractivity contribution in [2.75, 3.05) is 13.7 Å². The number of halogens is 3. The van der Waals surface area contributed by atoms with Crippen molar-refractivity contribution in [1.82, 2.24) is 20.3 Å². The molecule has 0 radical (unpaired) electrons. The van der Waals surface area contributed by atoms with Gasteiger partial charge in [0.15, 0.2) is 0 Å². The van der Waals surface area contributed by atoms with E-state index in [9.17, 15) is 18.0 Å². The van der Waals surface area contributed by atoms with E-state index in [-0.39, 0.29) is 12.6 Å². The summed E-state index contributed by atoms with van der Waals surface area (Å²) >= 11 is 1.54. The summed E-state index contributed by atoms with van der Waals surface area (Å²) in [6, 6.07) is 5.17. The summed E-state index contributed by atoms with van der Waals surface area (Å²) in [5.74, 6) is -0.832. The first-order valence-corrected chi connectivity index (χ1v) is 11.9. The minimum absolute atomic E-state index is 0.0343. The van der Waals surface area contributed by atoms with Crippen molar-refractivity contribution < 1.29 is 27.4 Å². The van der Waals surface area contributed by atoms with Gasteiger partial charge in [0, 0.05) is 53.8 Å². The Hall–Kier alpha value is -3.05. The molecule has 1 aromatic carbocycles. The number of benzene rings is 1. The molecule has 2 aromatic heterocycles. The van der Waals surface area contributed by atoms with E-state index in [1.54, 1.807) is 30.6 Å². The van der Waals surface area contributed by atoms with Gasteiger partial charge < -0.3 is 14.8 Å². The van der Waals surface area contributed by atoms with Crippen LogP contribution in [0.25, 0.3) is 10.6 Å². The second-order valence-corrected chi connectivity index (χ2v) is 9.23. The Labute approximate surface area is 205 Å². The number of carbonyl (C=O) groups is 1. The van der Waals surface area contributed by atoms with Crippen LogP contribution in [0.15, 0.2) is 36.8 Å². The number of aromatic nitrogens is 3. The molecule has 0 saturated carbocycles. The number of nitrogens with zero attached hydrogens (tertiary/aromatic N) is 3. The number of hydrogen-bond donors (Lipinski definition) is 1. The number of amides is 1. The van der Waals surface area contributed by atoms with Crippen LogP contribution in [0, 0.1) is 0 Å². The Morgan fingerprint density at radius 2 is 1.83 bits per heavy atom. The molecule has 0 spiro atoms. The molecule has 0 aliphatic heterocycles. The maximum Gasteiger partial charge on any atom is 0.451 e. The van der Waals surface area contributed by atoms with E-state index in [0.29, 0.717) is 35.8 Å². The highest BCUT2D eigenvalue weighted by Gasteiger charge is 2.34. The molecule has 3 rings (SSSR count). The van der Waals surface area contributed by atoms with Crippen LogP contribution in [-0.4, -0.2) is 40.7 Å². The number of thiazole rings is 1. The lowest BCUT2D eigenvalue weighted by Gasteiger charge is -2.18. The molecule has 1 amide bonds. The number of alkyl halides is 3. The zero-order chi connectivity index (χ0) is 25.6. The summed E-state index contributed by atoms with van der Waals surface area (Å²) in [4.78, 5) is 25.2. The third-order valence-electron chi connectivity index (χ3n) is 5.03. The predicted octanol–water partition coefficient (Wildman–Crippen LogP) is 5.48. The molecule has 35 heavy (non-hydrogen) atoms. The van der Waals surface area contributed by atoms with E-state index >= 15 is 0 Å². The van der Waals surface area contributed by atoms with Gasteiger partial charge >= 0.3 is 6.18 Å². The highest BCUT2D eigenvalue weighted by molar-refractivity contribution is 7.15. The fourth-order valence-electron chi connectivity index (χ4n) is 3.10. The fraction of sp³-hybridized carbons (Fsp3) is 0.417. The number of carbonyl (C=O) groups excluding carboxylic acids is 1. The third kappa shape index (κ3) is 7.22. The number of rotatable bonds is 10. The lowest BCUT2D eigenvalue weighted by molar-refractivity contribution is -0.145. The van der Waals surface area contributed by atoms with Crippen LogP contribution < -0.4 is 10.1 Å². The summed E-state index contributed by atoms with van der Waals surface area (Å²) < 4.78 is 49.3. The van der Waals surface area contributed by atoms with Gasteiger partial charge in [0.05, 0.1) is 6.61 Å². The van der Waals surface area contributed by atoms with E-state index in [1.165, 1.54) is 0 Å². The maximum absolute atomic E-state index is 12.9. The average molecular weight is 509 g/mol. The van der Waals surface area contributed by atoms with Gasteiger partial charge in [-0.2, -0.15) is 13.2 Å². The van der Waals surface area contributed by atoms with E-state index in [4.69, 9.17) is 9.47 Å². The van der Waals surface area contributed by atoms with Gasteiger partial charge in [0.1, 0.15) is 16.9 Å². The first kappa shape index (κ1) is 26.6. The Kier molecular flexibility index (Phi) is 8.79. The van der Waals surface area contributed by atoms with Crippen molar-refractivity contribution in [2.45, 2.75) is 51.9 Å². The molecule has 0 unspecified atom stereocenters. The van der Waals surface area contributed by atoms with E-state index < -0.39 is 17.9 Å². The van der Waals surface area contributed by atoms with Gasteiger partial charge in [-0.15, -0.1) is 11.3 Å². The topological polar surface area (TPSA) is 86.2 Å². The fourth-order valence-corrected chi connectivity index (χ4v) is 4.00. The van der Waals surface area contributed by atoms with Crippen molar-refractivity contribution in [1.29, 1.82) is 0 Å². The Balaban J connectivity index is 1.84. The molecular weight excluding hydrogens is 481 g/mol. The van der Waals surface area contributed by atoms with Gasteiger partial charge in [-0.1, -0.05) is 20.8 Å². The molecule has 7 nitrogen and oxygen atoms in total. The highest BCUT2D eigenvalue weighted by atomic mass is 32.1. The Bertz CT molecular complexity index is 1130. The molecule has 0 saturated heterocycles. The molecule has 1 atom stereocenters. The summed E-state index contributed by atoms with van der Waals surface area (Å²) in [6.45, 7) is 6.50. The standard InChI is InChI=1S/C24H27F3N4O3S/c1-5-18(13-33-4)34-19-7-16(6-17(8-19)22-29-12-20(35-22)14(2)3)21(32)28-9-15-10-30-23(31-11-15)24(25,26)27/h6-8,10-12,14,18H,5,9,13H2,1-4H3,(H,28,32)/t18-/m1/s1.